The predicted molar refractivity (Wildman–Crippen MR) is 105 cm³/mol. The maximum Gasteiger partial charge on any atom is 0.193 e. The summed E-state index contributed by atoms with van der Waals surface area (Å²) in [5.74, 6) is 2.00. The van der Waals surface area contributed by atoms with Crippen molar-refractivity contribution in [2.45, 2.75) is 31.8 Å². The molecular weight excluding hydrogens is 417 g/mol. The highest BCUT2D eigenvalue weighted by atomic mass is 127. The molecule has 1 unspecified atom stereocenters. The van der Waals surface area contributed by atoms with E-state index in [1.807, 2.05) is 31.2 Å². The number of aliphatic imine (C=N–C) groups is 1. The van der Waals surface area contributed by atoms with Gasteiger partial charge in [0.2, 0.25) is 0 Å². The molecule has 0 amide bonds. The first-order chi connectivity index (χ1) is 11.2. The first-order valence-corrected chi connectivity index (χ1v) is 8.76. The van der Waals surface area contributed by atoms with Crippen LogP contribution in [0.4, 0.5) is 0 Å². The molecular formula is C17H28IN5O. The van der Waals surface area contributed by atoms with Crippen LogP contribution in [-0.4, -0.2) is 53.9 Å². The molecule has 0 bridgehead atoms. The minimum absolute atomic E-state index is 0. The fraction of sp³-hybridized carbons (Fsp3) is 0.765. The Balaban J connectivity index is 0.00000169. The van der Waals surface area contributed by atoms with Gasteiger partial charge in [0.15, 0.2) is 5.96 Å². The Morgan fingerprint density at radius 3 is 2.83 bits per heavy atom. The number of hydrogen-bond acceptors (Lipinski definition) is 3. The molecule has 7 heteroatoms. The maximum atomic E-state index is 5.93. The fourth-order valence-corrected chi connectivity index (χ4v) is 3.82. The summed E-state index contributed by atoms with van der Waals surface area (Å²) in [4.78, 5) is 6.83. The van der Waals surface area contributed by atoms with E-state index in [9.17, 15) is 0 Å². The molecule has 1 aromatic rings. The van der Waals surface area contributed by atoms with Crippen molar-refractivity contribution < 1.29 is 4.74 Å². The molecule has 1 saturated heterocycles. The molecule has 1 N–H and O–H groups in total. The number of nitrogens with zero attached hydrogens (tertiary/aromatic N) is 4. The van der Waals surface area contributed by atoms with E-state index in [1.54, 1.807) is 0 Å². The van der Waals surface area contributed by atoms with Crippen molar-refractivity contribution in [2.75, 3.05) is 33.3 Å². The average Bonchev–Trinajstić information content (AvgIpc) is 3.47. The molecule has 24 heavy (non-hydrogen) atoms. The lowest BCUT2D eigenvalue weighted by Crippen LogP contribution is -2.49. The van der Waals surface area contributed by atoms with Crippen LogP contribution < -0.4 is 5.32 Å². The van der Waals surface area contributed by atoms with Crippen LogP contribution in [0.1, 0.15) is 37.4 Å². The molecule has 4 rings (SSSR count). The standard InChI is InChI=1S/C17H27N5O.HI/c1-18-16(19-12-17(5-6-17)14-3-4-14)22-7-8-23-15(11-22)13-9-20-21(2)10-13;/h9-10,14-15H,3-8,11-12H2,1-2H3,(H,18,19);1H. The van der Waals surface area contributed by atoms with E-state index < -0.39 is 0 Å². The highest BCUT2D eigenvalue weighted by Crippen LogP contribution is 2.60. The van der Waals surface area contributed by atoms with E-state index in [-0.39, 0.29) is 30.1 Å². The minimum atomic E-state index is 0. The first kappa shape index (κ1) is 18.0. The van der Waals surface area contributed by atoms with Crippen LogP contribution in [0.2, 0.25) is 0 Å². The molecule has 0 spiro atoms. The lowest BCUT2D eigenvalue weighted by molar-refractivity contribution is -0.00811. The Kier molecular flexibility index (Phi) is 5.39. The SMILES string of the molecule is CN=C(NCC1(C2CC2)CC1)N1CCOC(c2cnn(C)c2)C1.I. The number of hydrogen-bond donors (Lipinski definition) is 1. The third kappa shape index (κ3) is 3.71. The number of guanidine groups is 1. The molecule has 3 fully saturated rings. The molecule has 1 aromatic heterocycles. The Morgan fingerprint density at radius 2 is 2.25 bits per heavy atom. The van der Waals surface area contributed by atoms with Crippen molar-refractivity contribution in [2.24, 2.45) is 23.4 Å². The van der Waals surface area contributed by atoms with Crippen molar-refractivity contribution in [3.8, 4) is 0 Å². The molecule has 2 heterocycles. The average molecular weight is 445 g/mol. The van der Waals surface area contributed by atoms with Gasteiger partial charge in [0.25, 0.3) is 0 Å². The van der Waals surface area contributed by atoms with E-state index in [4.69, 9.17) is 4.74 Å². The number of aromatic nitrogens is 2. The Morgan fingerprint density at radius 1 is 1.46 bits per heavy atom. The Labute approximate surface area is 161 Å². The molecule has 0 radical (unpaired) electrons. The summed E-state index contributed by atoms with van der Waals surface area (Å²) in [6.45, 7) is 3.54. The Bertz CT molecular complexity index is 594. The predicted octanol–water partition coefficient (Wildman–Crippen LogP) is 2.18. The van der Waals surface area contributed by atoms with E-state index in [0.717, 1.165) is 43.7 Å². The van der Waals surface area contributed by atoms with Crippen LogP contribution >= 0.6 is 24.0 Å². The smallest absolute Gasteiger partial charge is 0.193 e. The van der Waals surface area contributed by atoms with Gasteiger partial charge in [-0.25, -0.2) is 0 Å². The third-order valence-electron chi connectivity index (χ3n) is 5.61. The zero-order valence-corrected chi connectivity index (χ0v) is 16.9. The van der Waals surface area contributed by atoms with Crippen LogP contribution in [-0.2, 0) is 11.8 Å². The summed E-state index contributed by atoms with van der Waals surface area (Å²) in [6.07, 6.45) is 9.66. The zero-order chi connectivity index (χ0) is 15.9. The molecule has 0 aromatic carbocycles. The highest BCUT2D eigenvalue weighted by Gasteiger charge is 2.53. The number of ether oxygens (including phenoxy) is 1. The second kappa shape index (κ2) is 7.19. The van der Waals surface area contributed by atoms with Gasteiger partial charge in [0, 0.05) is 38.9 Å². The van der Waals surface area contributed by atoms with Crippen molar-refractivity contribution in [3.05, 3.63) is 18.0 Å². The van der Waals surface area contributed by atoms with Crippen LogP contribution in [0, 0.1) is 11.3 Å². The zero-order valence-electron chi connectivity index (χ0n) is 14.6. The minimum Gasteiger partial charge on any atom is -0.370 e. The highest BCUT2D eigenvalue weighted by molar-refractivity contribution is 14.0. The monoisotopic (exact) mass is 445 g/mol. The topological polar surface area (TPSA) is 54.7 Å². The summed E-state index contributed by atoms with van der Waals surface area (Å²) in [5.41, 5.74) is 1.73. The van der Waals surface area contributed by atoms with E-state index >= 15 is 0 Å². The van der Waals surface area contributed by atoms with E-state index in [0.29, 0.717) is 5.41 Å². The summed E-state index contributed by atoms with van der Waals surface area (Å²) in [5, 5.41) is 7.90. The van der Waals surface area contributed by atoms with E-state index in [1.165, 1.54) is 25.7 Å². The van der Waals surface area contributed by atoms with Gasteiger partial charge in [-0.3, -0.25) is 9.67 Å². The van der Waals surface area contributed by atoms with E-state index in [2.05, 4.69) is 20.3 Å². The van der Waals surface area contributed by atoms with Gasteiger partial charge >= 0.3 is 0 Å². The second-order valence-electron chi connectivity index (χ2n) is 7.29. The lowest BCUT2D eigenvalue weighted by atomic mass is 10.0. The number of aryl methyl sites for hydroxylation is 1. The molecule has 2 aliphatic carbocycles. The number of nitrogens with one attached hydrogen (secondary N) is 1. The summed E-state index contributed by atoms with van der Waals surface area (Å²) >= 11 is 0. The van der Waals surface area contributed by atoms with Gasteiger partial charge in [-0.2, -0.15) is 5.10 Å². The van der Waals surface area contributed by atoms with Gasteiger partial charge in [0.1, 0.15) is 6.10 Å². The maximum absolute atomic E-state index is 5.93. The van der Waals surface area contributed by atoms with Crippen LogP contribution in [0.5, 0.6) is 0 Å². The van der Waals surface area contributed by atoms with Crippen LogP contribution in [0.3, 0.4) is 0 Å². The second-order valence-corrected chi connectivity index (χ2v) is 7.29. The molecule has 1 aliphatic heterocycles. The van der Waals surface area contributed by atoms with Crippen molar-refractivity contribution in [1.82, 2.24) is 20.0 Å². The summed E-state index contributed by atoms with van der Waals surface area (Å²) in [6, 6.07) is 0. The molecule has 2 saturated carbocycles. The normalized spacial score (nSPS) is 26.0. The van der Waals surface area contributed by atoms with Crippen molar-refractivity contribution >= 4 is 29.9 Å². The molecule has 134 valence electrons. The fourth-order valence-electron chi connectivity index (χ4n) is 3.82. The van der Waals surface area contributed by atoms with Crippen LogP contribution in [0.15, 0.2) is 17.4 Å². The third-order valence-corrected chi connectivity index (χ3v) is 5.61. The quantitative estimate of drug-likeness (QED) is 0.439. The summed E-state index contributed by atoms with van der Waals surface area (Å²) in [7, 11) is 3.82. The number of rotatable bonds is 4. The number of morpholine rings is 1. The summed E-state index contributed by atoms with van der Waals surface area (Å²) < 4.78 is 7.76. The lowest BCUT2D eigenvalue weighted by Gasteiger charge is -2.35. The molecule has 3 aliphatic rings. The largest absolute Gasteiger partial charge is 0.370 e. The molecule has 6 nitrogen and oxygen atoms in total. The van der Waals surface area contributed by atoms with Gasteiger partial charge < -0.3 is 15.0 Å². The van der Waals surface area contributed by atoms with Gasteiger partial charge in [-0.1, -0.05) is 0 Å². The van der Waals surface area contributed by atoms with Crippen molar-refractivity contribution in [1.29, 1.82) is 0 Å². The van der Waals surface area contributed by atoms with Crippen molar-refractivity contribution in [3.63, 3.8) is 0 Å². The van der Waals surface area contributed by atoms with Gasteiger partial charge in [-0.05, 0) is 37.0 Å². The van der Waals surface area contributed by atoms with Crippen LogP contribution in [0.25, 0.3) is 0 Å². The van der Waals surface area contributed by atoms with Gasteiger partial charge in [-0.15, -0.1) is 24.0 Å². The first-order valence-electron chi connectivity index (χ1n) is 8.76. The number of halogens is 1. The molecule has 1 atom stereocenters. The Hall–Kier alpha value is -0.830. The van der Waals surface area contributed by atoms with Gasteiger partial charge in [0.05, 0.1) is 19.3 Å².